The highest BCUT2D eigenvalue weighted by Gasteiger charge is 2.85. The molecule has 10 atom stereocenters. The van der Waals surface area contributed by atoms with E-state index in [1.165, 1.54) is 6.92 Å². The van der Waals surface area contributed by atoms with Gasteiger partial charge in [0.2, 0.25) is 11.3 Å². The molecule has 0 aromatic heterocycles. The van der Waals surface area contributed by atoms with Crippen molar-refractivity contribution in [2.24, 2.45) is 23.7 Å². The predicted molar refractivity (Wildman–Crippen MR) is 176 cm³/mol. The molecule has 4 fully saturated rings. The smallest absolute Gasteiger partial charge is 0.240 e. The minimum absolute atomic E-state index is 0.212. The molecule has 6 rings (SSSR count). The Balaban J connectivity index is 0.000000404. The van der Waals surface area contributed by atoms with Crippen molar-refractivity contribution in [1.29, 1.82) is 0 Å². The molecule has 0 aromatic rings. The monoisotopic (exact) mass is 1050 g/mol. The highest BCUT2D eigenvalue weighted by Crippen LogP contribution is 2.62. The fourth-order valence-electron chi connectivity index (χ4n) is 6.43. The van der Waals surface area contributed by atoms with E-state index in [1.54, 1.807) is 0 Å². The van der Waals surface area contributed by atoms with E-state index in [0.29, 0.717) is 13.8 Å². The van der Waals surface area contributed by atoms with Crippen LogP contribution in [0, 0.1) is 23.7 Å². The normalized spacial score (nSPS) is 41.6. The second-order valence-electron chi connectivity index (χ2n) is 17.4. The molecular weight excluding hydrogens is 1010 g/mol. The fourth-order valence-corrected chi connectivity index (χ4v) is 6.43. The van der Waals surface area contributed by atoms with Crippen molar-refractivity contribution in [2.75, 3.05) is 0 Å². The van der Waals surface area contributed by atoms with Gasteiger partial charge in [-0.05, 0) is 41.5 Å². The van der Waals surface area contributed by atoms with Gasteiger partial charge in [-0.3, -0.25) is 0 Å². The van der Waals surface area contributed by atoms with Crippen molar-refractivity contribution in [3.8, 4) is 0 Å². The maximum atomic E-state index is 12.9. The molecular formula is C37H40F30. The first-order chi connectivity index (χ1) is 28.8. The first-order valence-corrected chi connectivity index (χ1v) is 18.7. The zero-order valence-corrected chi connectivity index (χ0v) is 35.7. The van der Waals surface area contributed by atoms with Gasteiger partial charge in [0.15, 0.2) is 35.3 Å². The SMILES string of the molecule is CC1=C(F)C(F)(F)C(F)(F)C1(F)F.CC1=C(F)C(F)(F)C1(C)F.CC1C(F)C(F)(F)C(F)(F)C1(F)F.CC1C(F)C(F)(F)C1(C)F.CC1CC(F)(F)C(C)(F)C1(F)F.CC1CC(F)(F)C1(C)F. The van der Waals surface area contributed by atoms with E-state index < -0.39 is 153 Å². The van der Waals surface area contributed by atoms with Crippen molar-refractivity contribution in [1.82, 2.24) is 0 Å². The number of alkyl halides is 28. The lowest BCUT2D eigenvalue weighted by Crippen LogP contribution is -2.68. The molecule has 67 heavy (non-hydrogen) atoms. The third-order valence-electron chi connectivity index (χ3n) is 12.9. The standard InChI is InChI=1S/C7H9F5.C6H5F7.C6H3F7.C6H8F4.C6H6F4.C6H9F3/c1-4-3-6(9,10)5(2,8)7(4,11)12;2*1-2-3(7)5(10,11)6(12,13)4(2,8)9;2*1-3-4(7)6(9,10)5(3,2)8;1-4-3-6(8,9)5(4,2)7/h4H,3H2,1-2H3;2-3H,1H3;1H3;3-4H,1-2H3;1-2H3;4H,3H2,1-2H3. The van der Waals surface area contributed by atoms with Crippen LogP contribution in [0.3, 0.4) is 0 Å². The molecule has 30 heteroatoms. The minimum atomic E-state index is -5.69. The lowest BCUT2D eigenvalue weighted by molar-refractivity contribution is -0.286. The summed E-state index contributed by atoms with van der Waals surface area (Å²) in [7, 11) is 0. The van der Waals surface area contributed by atoms with Crippen LogP contribution in [0.1, 0.15) is 82.1 Å². The summed E-state index contributed by atoms with van der Waals surface area (Å²) in [6.07, 6.45) is -7.23. The maximum Gasteiger partial charge on any atom is 0.382 e. The van der Waals surface area contributed by atoms with Crippen LogP contribution >= 0.6 is 0 Å². The molecule has 0 bridgehead atoms. The largest absolute Gasteiger partial charge is 0.382 e. The zero-order valence-electron chi connectivity index (χ0n) is 35.7. The zero-order chi connectivity index (χ0) is 54.7. The van der Waals surface area contributed by atoms with E-state index in [4.69, 9.17) is 0 Å². The Morgan fingerprint density at radius 1 is 0.373 bits per heavy atom. The van der Waals surface area contributed by atoms with Crippen LogP contribution < -0.4 is 0 Å². The summed E-state index contributed by atoms with van der Waals surface area (Å²) in [5.74, 6) is -61.1. The summed E-state index contributed by atoms with van der Waals surface area (Å²) in [6.45, 7) is 7.76. The van der Waals surface area contributed by atoms with Gasteiger partial charge in [0.05, 0.1) is 5.92 Å². The highest BCUT2D eigenvalue weighted by atomic mass is 19.4. The minimum Gasteiger partial charge on any atom is -0.240 e. The molecule has 4 saturated carbocycles. The Kier molecular flexibility index (Phi) is 16.1. The molecule has 0 nitrogen and oxygen atoms in total. The molecule has 0 aromatic carbocycles. The molecule has 0 saturated heterocycles. The van der Waals surface area contributed by atoms with Crippen molar-refractivity contribution in [3.63, 3.8) is 0 Å². The second-order valence-corrected chi connectivity index (χ2v) is 17.4. The third kappa shape index (κ3) is 8.84. The number of halogens is 30. The Labute approximate surface area is 360 Å². The number of hydrogen-bond donors (Lipinski definition) is 0. The third-order valence-corrected chi connectivity index (χ3v) is 12.9. The quantitative estimate of drug-likeness (QED) is 0.212. The highest BCUT2D eigenvalue weighted by molar-refractivity contribution is 5.40. The summed E-state index contributed by atoms with van der Waals surface area (Å²) in [5, 5.41) is 0. The molecule has 0 N–H and O–H groups in total. The molecule has 398 valence electrons. The molecule has 10 unspecified atom stereocenters. The summed E-state index contributed by atoms with van der Waals surface area (Å²) >= 11 is 0. The fraction of sp³-hybridized carbons (Fsp3) is 0.892. The molecule has 0 amide bonds. The van der Waals surface area contributed by atoms with Gasteiger partial charge in [-0.1, -0.05) is 27.7 Å². The van der Waals surface area contributed by atoms with E-state index in [-0.39, 0.29) is 20.3 Å². The Hall–Kier alpha value is -2.62. The second kappa shape index (κ2) is 17.3. The van der Waals surface area contributed by atoms with Crippen molar-refractivity contribution >= 4 is 0 Å². The first kappa shape index (κ1) is 62.4. The molecule has 6 aliphatic rings. The van der Waals surface area contributed by atoms with Crippen LogP contribution in [0.5, 0.6) is 0 Å². The summed E-state index contributed by atoms with van der Waals surface area (Å²) in [6, 6.07) is 0. The van der Waals surface area contributed by atoms with Gasteiger partial charge in [-0.15, -0.1) is 0 Å². The van der Waals surface area contributed by atoms with Crippen LogP contribution in [0.25, 0.3) is 0 Å². The number of allylic oxidation sites excluding steroid dienone is 4. The lowest BCUT2D eigenvalue weighted by Gasteiger charge is -2.48. The predicted octanol–water partition coefficient (Wildman–Crippen LogP) is 16.4. The van der Waals surface area contributed by atoms with Gasteiger partial charge in [-0.2, -0.15) is 70.2 Å². The molecule has 6 aliphatic carbocycles. The summed E-state index contributed by atoms with van der Waals surface area (Å²) in [4.78, 5) is 0. The molecule has 0 aliphatic heterocycles. The Morgan fingerprint density at radius 3 is 0.806 bits per heavy atom. The van der Waals surface area contributed by atoms with Gasteiger partial charge in [-0.25, -0.2) is 61.5 Å². The van der Waals surface area contributed by atoms with E-state index >= 15 is 0 Å². The van der Waals surface area contributed by atoms with Crippen LogP contribution in [-0.2, 0) is 0 Å². The maximum absolute atomic E-state index is 12.9. The first-order valence-electron chi connectivity index (χ1n) is 18.7. The average molecular weight is 1050 g/mol. The average Bonchev–Trinajstić information content (AvgIpc) is 3.38. The van der Waals surface area contributed by atoms with Crippen molar-refractivity contribution in [3.05, 3.63) is 22.8 Å². The Bertz CT molecular complexity index is 1760. The van der Waals surface area contributed by atoms with Gasteiger partial charge in [0, 0.05) is 41.7 Å². The van der Waals surface area contributed by atoms with Gasteiger partial charge < -0.3 is 0 Å². The van der Waals surface area contributed by atoms with E-state index in [2.05, 4.69) is 0 Å². The van der Waals surface area contributed by atoms with Gasteiger partial charge >= 0.3 is 47.4 Å². The molecule has 0 spiro atoms. The van der Waals surface area contributed by atoms with Gasteiger partial charge in [0.1, 0.15) is 0 Å². The van der Waals surface area contributed by atoms with Gasteiger partial charge in [0.25, 0.3) is 17.8 Å². The lowest BCUT2D eigenvalue weighted by atomic mass is 9.68. The molecule has 0 radical (unpaired) electrons. The number of rotatable bonds is 0. The van der Waals surface area contributed by atoms with Crippen LogP contribution in [-0.4, -0.2) is 100 Å². The van der Waals surface area contributed by atoms with Crippen LogP contribution in [0.2, 0.25) is 0 Å². The topological polar surface area (TPSA) is 0 Å². The van der Waals surface area contributed by atoms with Crippen LogP contribution in [0.4, 0.5) is 132 Å². The van der Waals surface area contributed by atoms with E-state index in [1.807, 2.05) is 0 Å². The number of hydrogen-bond acceptors (Lipinski definition) is 0. The van der Waals surface area contributed by atoms with Crippen LogP contribution in [0.15, 0.2) is 22.8 Å². The summed E-state index contributed by atoms with van der Waals surface area (Å²) in [5.41, 5.74) is -13.8. The summed E-state index contributed by atoms with van der Waals surface area (Å²) < 4.78 is 371. The van der Waals surface area contributed by atoms with E-state index in [9.17, 15) is 132 Å². The van der Waals surface area contributed by atoms with E-state index in [0.717, 1.165) is 34.6 Å². The van der Waals surface area contributed by atoms with Crippen molar-refractivity contribution < 1.29 is 132 Å². The molecule has 0 heterocycles. The Morgan fingerprint density at radius 2 is 0.731 bits per heavy atom. The van der Waals surface area contributed by atoms with Crippen molar-refractivity contribution in [2.45, 2.75) is 182 Å².